The van der Waals surface area contributed by atoms with E-state index in [1.807, 2.05) is 6.07 Å². The first-order chi connectivity index (χ1) is 12.1. The highest BCUT2D eigenvalue weighted by atomic mass is 16.2. The summed E-state index contributed by atoms with van der Waals surface area (Å²) >= 11 is 0. The summed E-state index contributed by atoms with van der Waals surface area (Å²) in [6.45, 7) is 4.33. The molecule has 1 fully saturated rings. The van der Waals surface area contributed by atoms with Crippen LogP contribution in [0, 0.1) is 5.92 Å². The Hall–Kier alpha value is -1.88. The maximum Gasteiger partial charge on any atom is 0.233 e. The van der Waals surface area contributed by atoms with Crippen molar-refractivity contribution in [3.05, 3.63) is 35.9 Å². The van der Waals surface area contributed by atoms with Crippen molar-refractivity contribution in [3.63, 3.8) is 0 Å². The molecule has 0 saturated carbocycles. The lowest BCUT2D eigenvalue weighted by Crippen LogP contribution is -2.47. The number of likely N-dealkylation sites (tertiary alicyclic amines) is 1. The van der Waals surface area contributed by atoms with Gasteiger partial charge in [-0.25, -0.2) is 0 Å². The van der Waals surface area contributed by atoms with Crippen LogP contribution in [-0.2, 0) is 16.0 Å². The molecule has 138 valence electrons. The van der Waals surface area contributed by atoms with Crippen LogP contribution in [0.5, 0.6) is 0 Å². The normalized spacial score (nSPS) is 17.0. The number of hydrogen-bond donors (Lipinski definition) is 2. The highest BCUT2D eigenvalue weighted by Gasteiger charge is 2.22. The zero-order valence-electron chi connectivity index (χ0n) is 15.5. The third-order valence-electron chi connectivity index (χ3n) is 4.90. The first-order valence-corrected chi connectivity index (χ1v) is 9.33. The number of rotatable bonds is 8. The number of piperidine rings is 1. The molecule has 2 rings (SSSR count). The lowest BCUT2D eigenvalue weighted by atomic mass is 9.97. The molecular formula is C20H31N3O2. The van der Waals surface area contributed by atoms with Gasteiger partial charge in [-0.05, 0) is 37.2 Å². The van der Waals surface area contributed by atoms with Crippen LogP contribution in [0.2, 0.25) is 0 Å². The van der Waals surface area contributed by atoms with Crippen LogP contribution in [0.25, 0.3) is 0 Å². The average Bonchev–Trinajstić information content (AvgIpc) is 2.62. The summed E-state index contributed by atoms with van der Waals surface area (Å²) in [7, 11) is 1.66. The number of amides is 2. The minimum absolute atomic E-state index is 0.0507. The quantitative estimate of drug-likeness (QED) is 0.757. The van der Waals surface area contributed by atoms with Gasteiger partial charge >= 0.3 is 0 Å². The molecule has 1 heterocycles. The molecule has 25 heavy (non-hydrogen) atoms. The first kappa shape index (κ1) is 19.4. The third kappa shape index (κ3) is 7.26. The number of likely N-dealkylation sites (N-methyl/N-ethyl adjacent to an activating group) is 1. The molecule has 1 aliphatic rings. The number of hydrogen-bond acceptors (Lipinski definition) is 3. The Morgan fingerprint density at radius 3 is 2.48 bits per heavy atom. The van der Waals surface area contributed by atoms with Crippen LogP contribution in [0.1, 0.15) is 38.2 Å². The number of benzene rings is 1. The van der Waals surface area contributed by atoms with Crippen LogP contribution < -0.4 is 10.6 Å². The van der Waals surface area contributed by atoms with Gasteiger partial charge in [0, 0.05) is 32.6 Å². The Bertz CT molecular complexity index is 539. The Morgan fingerprint density at radius 2 is 1.84 bits per heavy atom. The van der Waals surface area contributed by atoms with E-state index >= 15 is 0 Å². The molecule has 0 aliphatic carbocycles. The van der Waals surface area contributed by atoms with Gasteiger partial charge < -0.3 is 10.6 Å². The van der Waals surface area contributed by atoms with Crippen molar-refractivity contribution in [3.8, 4) is 0 Å². The SMILES string of the molecule is CNC(=O)CN1CCC(NC(=O)CC(C)CCc2ccccc2)CC1. The summed E-state index contributed by atoms with van der Waals surface area (Å²) in [5.74, 6) is 0.591. The van der Waals surface area contributed by atoms with Gasteiger partial charge in [0.1, 0.15) is 0 Å². The van der Waals surface area contributed by atoms with Crippen molar-refractivity contribution in [1.82, 2.24) is 15.5 Å². The van der Waals surface area contributed by atoms with Crippen molar-refractivity contribution < 1.29 is 9.59 Å². The largest absolute Gasteiger partial charge is 0.358 e. The summed E-state index contributed by atoms with van der Waals surface area (Å²) in [5, 5.41) is 5.82. The van der Waals surface area contributed by atoms with E-state index in [0.717, 1.165) is 38.8 Å². The molecule has 1 atom stereocenters. The molecule has 5 nitrogen and oxygen atoms in total. The fourth-order valence-electron chi connectivity index (χ4n) is 3.28. The highest BCUT2D eigenvalue weighted by molar-refractivity contribution is 5.77. The van der Waals surface area contributed by atoms with Gasteiger partial charge in [0.25, 0.3) is 0 Å². The summed E-state index contributed by atoms with van der Waals surface area (Å²) in [5.41, 5.74) is 1.33. The van der Waals surface area contributed by atoms with E-state index in [-0.39, 0.29) is 17.9 Å². The molecular weight excluding hydrogens is 314 g/mol. The minimum Gasteiger partial charge on any atom is -0.358 e. The monoisotopic (exact) mass is 345 g/mol. The number of nitrogens with one attached hydrogen (secondary N) is 2. The fourth-order valence-corrected chi connectivity index (χ4v) is 3.28. The van der Waals surface area contributed by atoms with Gasteiger partial charge in [-0.3, -0.25) is 14.5 Å². The second-order valence-electron chi connectivity index (χ2n) is 7.12. The van der Waals surface area contributed by atoms with E-state index in [9.17, 15) is 9.59 Å². The van der Waals surface area contributed by atoms with Gasteiger partial charge in [-0.15, -0.1) is 0 Å². The average molecular weight is 345 g/mol. The van der Waals surface area contributed by atoms with E-state index in [1.165, 1.54) is 5.56 Å². The highest BCUT2D eigenvalue weighted by Crippen LogP contribution is 2.14. The van der Waals surface area contributed by atoms with Crippen molar-refractivity contribution in [2.24, 2.45) is 5.92 Å². The molecule has 1 saturated heterocycles. The predicted octanol–water partition coefficient (Wildman–Crippen LogP) is 1.97. The molecule has 1 aromatic carbocycles. The zero-order valence-corrected chi connectivity index (χ0v) is 15.5. The van der Waals surface area contributed by atoms with E-state index in [1.54, 1.807) is 7.05 Å². The number of aryl methyl sites for hydroxylation is 1. The lowest BCUT2D eigenvalue weighted by molar-refractivity contribution is -0.124. The molecule has 0 spiro atoms. The Morgan fingerprint density at radius 1 is 1.16 bits per heavy atom. The van der Waals surface area contributed by atoms with Crippen LogP contribution in [-0.4, -0.2) is 49.4 Å². The van der Waals surface area contributed by atoms with Crippen molar-refractivity contribution in [1.29, 1.82) is 0 Å². The molecule has 1 aliphatic heterocycles. The summed E-state index contributed by atoms with van der Waals surface area (Å²) < 4.78 is 0. The Balaban J connectivity index is 1.62. The van der Waals surface area contributed by atoms with E-state index in [4.69, 9.17) is 0 Å². The topological polar surface area (TPSA) is 61.4 Å². The molecule has 2 N–H and O–H groups in total. The second kappa shape index (κ2) is 10.2. The van der Waals surface area contributed by atoms with Gasteiger partial charge in [0.2, 0.25) is 11.8 Å². The van der Waals surface area contributed by atoms with Gasteiger partial charge in [0.05, 0.1) is 6.54 Å². The number of carbonyl (C=O) groups is 2. The molecule has 5 heteroatoms. The second-order valence-corrected chi connectivity index (χ2v) is 7.12. The fraction of sp³-hybridized carbons (Fsp3) is 0.600. The molecule has 0 bridgehead atoms. The molecule has 0 aromatic heterocycles. The van der Waals surface area contributed by atoms with Gasteiger partial charge in [-0.2, -0.15) is 0 Å². The number of carbonyl (C=O) groups excluding carboxylic acids is 2. The Labute approximate surface area is 151 Å². The third-order valence-corrected chi connectivity index (χ3v) is 4.90. The Kier molecular flexibility index (Phi) is 7.92. The van der Waals surface area contributed by atoms with Crippen molar-refractivity contribution in [2.75, 3.05) is 26.7 Å². The minimum atomic E-state index is 0.0507. The van der Waals surface area contributed by atoms with E-state index in [2.05, 4.69) is 46.7 Å². The van der Waals surface area contributed by atoms with Crippen LogP contribution in [0.3, 0.4) is 0 Å². The van der Waals surface area contributed by atoms with Crippen molar-refractivity contribution >= 4 is 11.8 Å². The van der Waals surface area contributed by atoms with Crippen molar-refractivity contribution in [2.45, 2.75) is 45.1 Å². The lowest BCUT2D eigenvalue weighted by Gasteiger charge is -2.32. The number of nitrogens with zero attached hydrogens (tertiary/aromatic N) is 1. The summed E-state index contributed by atoms with van der Waals surface area (Å²) in [6, 6.07) is 10.7. The standard InChI is InChI=1S/C20H31N3O2/c1-16(8-9-17-6-4-3-5-7-17)14-19(24)22-18-10-12-23(13-11-18)15-20(25)21-2/h3-7,16,18H,8-15H2,1-2H3,(H,21,25)(H,22,24). The van der Waals surface area contributed by atoms with Crippen LogP contribution in [0.4, 0.5) is 0 Å². The maximum atomic E-state index is 12.2. The van der Waals surface area contributed by atoms with E-state index < -0.39 is 0 Å². The summed E-state index contributed by atoms with van der Waals surface area (Å²) in [4.78, 5) is 25.8. The molecule has 0 radical (unpaired) electrons. The smallest absolute Gasteiger partial charge is 0.233 e. The van der Waals surface area contributed by atoms with E-state index in [0.29, 0.717) is 18.9 Å². The molecule has 1 unspecified atom stereocenters. The van der Waals surface area contributed by atoms with Crippen LogP contribution >= 0.6 is 0 Å². The summed E-state index contributed by atoms with van der Waals surface area (Å²) in [6.07, 6.45) is 4.47. The first-order valence-electron chi connectivity index (χ1n) is 9.33. The predicted molar refractivity (Wildman–Crippen MR) is 100 cm³/mol. The molecule has 2 amide bonds. The zero-order chi connectivity index (χ0) is 18.1. The van der Waals surface area contributed by atoms with Crippen LogP contribution in [0.15, 0.2) is 30.3 Å². The van der Waals surface area contributed by atoms with Gasteiger partial charge in [-0.1, -0.05) is 37.3 Å². The maximum absolute atomic E-state index is 12.2. The molecule has 1 aromatic rings. The van der Waals surface area contributed by atoms with Gasteiger partial charge in [0.15, 0.2) is 0 Å².